The number of para-hydroxylation sites is 1. The molecule has 0 bridgehead atoms. The van der Waals surface area contributed by atoms with Gasteiger partial charge in [-0.1, -0.05) is 29.8 Å². The fourth-order valence-electron chi connectivity index (χ4n) is 2.16. The summed E-state index contributed by atoms with van der Waals surface area (Å²) in [5.41, 5.74) is 2.60. The number of nitrogens with one attached hydrogen (secondary N) is 1. The van der Waals surface area contributed by atoms with Crippen LogP contribution in [-0.2, 0) is 0 Å². The lowest BCUT2D eigenvalue weighted by Gasteiger charge is -2.08. The molecule has 21 heavy (non-hydrogen) atoms. The zero-order chi connectivity index (χ0) is 14.8. The molecule has 0 atom stereocenters. The SMILES string of the molecule is Cc1cc(C(=O)Nc2cccc3cccnc23)cc(Cl)n1. The Bertz CT molecular complexity index is 807. The Morgan fingerprint density at radius 1 is 1.19 bits per heavy atom. The van der Waals surface area contributed by atoms with Crippen LogP contribution >= 0.6 is 11.6 Å². The Morgan fingerprint density at radius 3 is 2.81 bits per heavy atom. The Hall–Kier alpha value is -2.46. The number of fused-ring (bicyclic) bond motifs is 1. The van der Waals surface area contributed by atoms with Gasteiger partial charge in [0.25, 0.3) is 5.91 Å². The number of nitrogens with zero attached hydrogens (tertiary/aromatic N) is 2. The smallest absolute Gasteiger partial charge is 0.255 e. The number of carbonyl (C=O) groups excluding carboxylic acids is 1. The first-order chi connectivity index (χ1) is 10.1. The molecule has 0 saturated heterocycles. The summed E-state index contributed by atoms with van der Waals surface area (Å²) >= 11 is 5.89. The van der Waals surface area contributed by atoms with Crippen molar-refractivity contribution in [3.63, 3.8) is 0 Å². The Balaban J connectivity index is 1.96. The predicted octanol–water partition coefficient (Wildman–Crippen LogP) is 3.84. The zero-order valence-corrected chi connectivity index (χ0v) is 12.1. The van der Waals surface area contributed by atoms with Crippen molar-refractivity contribution in [2.45, 2.75) is 6.92 Å². The number of hydrogen-bond acceptors (Lipinski definition) is 3. The average Bonchev–Trinajstić information content (AvgIpc) is 2.46. The van der Waals surface area contributed by atoms with Gasteiger partial charge in [0.1, 0.15) is 5.15 Å². The van der Waals surface area contributed by atoms with E-state index in [4.69, 9.17) is 11.6 Å². The molecule has 0 aliphatic heterocycles. The monoisotopic (exact) mass is 297 g/mol. The third-order valence-corrected chi connectivity index (χ3v) is 3.26. The van der Waals surface area contributed by atoms with Gasteiger partial charge >= 0.3 is 0 Å². The van der Waals surface area contributed by atoms with E-state index in [0.717, 1.165) is 10.9 Å². The van der Waals surface area contributed by atoms with Crippen molar-refractivity contribution in [3.05, 3.63) is 65.1 Å². The van der Waals surface area contributed by atoms with Crippen LogP contribution in [0.2, 0.25) is 5.15 Å². The summed E-state index contributed by atoms with van der Waals surface area (Å²) < 4.78 is 0. The van der Waals surface area contributed by atoms with Crippen molar-refractivity contribution in [1.82, 2.24) is 9.97 Å². The second kappa shape index (κ2) is 5.50. The first kappa shape index (κ1) is 13.5. The van der Waals surface area contributed by atoms with Crippen molar-refractivity contribution < 1.29 is 4.79 Å². The fraction of sp³-hybridized carbons (Fsp3) is 0.0625. The predicted molar refractivity (Wildman–Crippen MR) is 83.7 cm³/mol. The van der Waals surface area contributed by atoms with Crippen LogP contribution in [0.4, 0.5) is 5.69 Å². The third kappa shape index (κ3) is 2.85. The number of rotatable bonds is 2. The lowest BCUT2D eigenvalue weighted by molar-refractivity contribution is 0.102. The minimum Gasteiger partial charge on any atom is -0.320 e. The van der Waals surface area contributed by atoms with Crippen LogP contribution in [0.3, 0.4) is 0 Å². The second-order valence-electron chi connectivity index (χ2n) is 4.65. The summed E-state index contributed by atoms with van der Waals surface area (Å²) in [7, 11) is 0. The summed E-state index contributed by atoms with van der Waals surface area (Å²) in [5, 5.41) is 4.14. The molecule has 1 aromatic carbocycles. The molecule has 0 saturated carbocycles. The highest BCUT2D eigenvalue weighted by Gasteiger charge is 2.10. The van der Waals surface area contributed by atoms with E-state index >= 15 is 0 Å². The van der Waals surface area contributed by atoms with Crippen molar-refractivity contribution in [2.75, 3.05) is 5.32 Å². The maximum atomic E-state index is 12.3. The summed E-state index contributed by atoms with van der Waals surface area (Å²) in [6.07, 6.45) is 1.70. The van der Waals surface area contributed by atoms with Crippen molar-refractivity contribution >= 4 is 34.1 Å². The van der Waals surface area contributed by atoms with Crippen LogP contribution in [0, 0.1) is 6.92 Å². The molecule has 1 N–H and O–H groups in total. The normalized spacial score (nSPS) is 10.6. The number of aromatic nitrogens is 2. The van der Waals surface area contributed by atoms with E-state index in [1.807, 2.05) is 30.3 Å². The highest BCUT2D eigenvalue weighted by Crippen LogP contribution is 2.21. The molecule has 104 valence electrons. The molecule has 1 amide bonds. The summed E-state index contributed by atoms with van der Waals surface area (Å²) in [6.45, 7) is 1.79. The van der Waals surface area contributed by atoms with Crippen LogP contribution in [-0.4, -0.2) is 15.9 Å². The molecule has 3 rings (SSSR count). The van der Waals surface area contributed by atoms with E-state index in [2.05, 4.69) is 15.3 Å². The molecule has 5 heteroatoms. The van der Waals surface area contributed by atoms with Crippen molar-refractivity contribution in [3.8, 4) is 0 Å². The molecule has 2 aromatic heterocycles. The molecule has 4 nitrogen and oxygen atoms in total. The lowest BCUT2D eigenvalue weighted by atomic mass is 10.1. The fourth-order valence-corrected chi connectivity index (χ4v) is 2.41. The molecule has 0 fully saturated rings. The Labute approximate surface area is 126 Å². The van der Waals surface area contributed by atoms with Crippen molar-refractivity contribution in [2.24, 2.45) is 0 Å². The topological polar surface area (TPSA) is 54.9 Å². The first-order valence-electron chi connectivity index (χ1n) is 6.43. The number of anilines is 1. The number of benzene rings is 1. The largest absolute Gasteiger partial charge is 0.320 e. The van der Waals surface area contributed by atoms with Crippen LogP contribution < -0.4 is 5.32 Å². The minimum atomic E-state index is -0.236. The van der Waals surface area contributed by atoms with E-state index < -0.39 is 0 Å². The highest BCUT2D eigenvalue weighted by atomic mass is 35.5. The Kier molecular flexibility index (Phi) is 3.54. The standard InChI is InChI=1S/C16H12ClN3O/c1-10-8-12(9-14(17)19-10)16(21)20-13-6-2-4-11-5-3-7-18-15(11)13/h2-9H,1H3,(H,20,21). The van der Waals surface area contributed by atoms with E-state index in [9.17, 15) is 4.79 Å². The minimum absolute atomic E-state index is 0.236. The van der Waals surface area contributed by atoms with Gasteiger partial charge in [0.05, 0.1) is 11.2 Å². The first-order valence-corrected chi connectivity index (χ1v) is 6.80. The Morgan fingerprint density at radius 2 is 2.00 bits per heavy atom. The van der Waals surface area contributed by atoms with Gasteiger partial charge in [0, 0.05) is 22.8 Å². The lowest BCUT2D eigenvalue weighted by Crippen LogP contribution is -2.13. The van der Waals surface area contributed by atoms with E-state index in [-0.39, 0.29) is 5.91 Å². The van der Waals surface area contributed by atoms with Crippen molar-refractivity contribution in [1.29, 1.82) is 0 Å². The number of amides is 1. The van der Waals surface area contributed by atoms with Crippen LogP contribution in [0.25, 0.3) is 10.9 Å². The van der Waals surface area contributed by atoms with Gasteiger partial charge in [-0.15, -0.1) is 0 Å². The summed E-state index contributed by atoms with van der Waals surface area (Å²) in [4.78, 5) is 20.7. The third-order valence-electron chi connectivity index (χ3n) is 3.07. The number of hydrogen-bond donors (Lipinski definition) is 1. The van der Waals surface area contributed by atoms with Gasteiger partial charge in [0.2, 0.25) is 0 Å². The van der Waals surface area contributed by atoms with E-state index in [1.165, 1.54) is 0 Å². The van der Waals surface area contributed by atoms with Gasteiger partial charge in [-0.25, -0.2) is 4.98 Å². The molecule has 2 heterocycles. The maximum Gasteiger partial charge on any atom is 0.255 e. The van der Waals surface area contributed by atoms with Gasteiger partial charge in [-0.3, -0.25) is 9.78 Å². The molecule has 0 aliphatic carbocycles. The van der Waals surface area contributed by atoms with Gasteiger partial charge < -0.3 is 5.32 Å². The van der Waals surface area contributed by atoms with E-state index in [0.29, 0.717) is 22.1 Å². The highest BCUT2D eigenvalue weighted by molar-refractivity contribution is 6.29. The number of halogens is 1. The molecular weight excluding hydrogens is 286 g/mol. The van der Waals surface area contributed by atoms with Crippen LogP contribution in [0.15, 0.2) is 48.7 Å². The van der Waals surface area contributed by atoms with Gasteiger partial charge in [0.15, 0.2) is 0 Å². The molecule has 0 unspecified atom stereocenters. The maximum absolute atomic E-state index is 12.3. The van der Waals surface area contributed by atoms with Gasteiger partial charge in [-0.2, -0.15) is 0 Å². The molecular formula is C16H12ClN3O. The van der Waals surface area contributed by atoms with E-state index in [1.54, 1.807) is 25.3 Å². The molecule has 0 aliphatic rings. The quantitative estimate of drug-likeness (QED) is 0.731. The molecule has 0 radical (unpaired) electrons. The number of carbonyl (C=O) groups is 1. The summed E-state index contributed by atoms with van der Waals surface area (Å²) in [5.74, 6) is -0.236. The van der Waals surface area contributed by atoms with Crippen LogP contribution in [0.1, 0.15) is 16.1 Å². The number of pyridine rings is 2. The molecule has 3 aromatic rings. The second-order valence-corrected chi connectivity index (χ2v) is 5.04. The molecule has 0 spiro atoms. The van der Waals surface area contributed by atoms with Gasteiger partial charge in [-0.05, 0) is 31.2 Å². The average molecular weight is 298 g/mol. The number of aryl methyl sites for hydroxylation is 1. The zero-order valence-electron chi connectivity index (χ0n) is 11.3. The van der Waals surface area contributed by atoms with Crippen LogP contribution in [0.5, 0.6) is 0 Å². The summed E-state index contributed by atoms with van der Waals surface area (Å²) in [6, 6.07) is 12.7.